The molecule has 1 aromatic carbocycles. The minimum absolute atomic E-state index is 0.721. The summed E-state index contributed by atoms with van der Waals surface area (Å²) in [6, 6.07) is 6.11. The molecule has 0 bridgehead atoms. The van der Waals surface area contributed by atoms with Crippen molar-refractivity contribution in [2.24, 2.45) is 0 Å². The second-order valence-corrected chi connectivity index (χ2v) is 6.68. The number of aryl methyl sites for hydroxylation is 3. The molecule has 1 aromatic heterocycles. The van der Waals surface area contributed by atoms with Crippen molar-refractivity contribution in [2.45, 2.75) is 40.0 Å². The number of hydrogen-bond donors (Lipinski definition) is 1. The van der Waals surface area contributed by atoms with E-state index in [9.17, 15) is 0 Å². The van der Waals surface area contributed by atoms with Crippen molar-refractivity contribution in [3.63, 3.8) is 0 Å². The maximum atomic E-state index is 6.40. The largest absolute Gasteiger partial charge is 0.356 e. The number of anilines is 3. The van der Waals surface area contributed by atoms with Crippen molar-refractivity contribution in [3.8, 4) is 0 Å². The highest BCUT2D eigenvalue weighted by Crippen LogP contribution is 2.30. The summed E-state index contributed by atoms with van der Waals surface area (Å²) in [6.07, 6.45) is 3.77. The quantitative estimate of drug-likeness (QED) is 0.878. The highest BCUT2D eigenvalue weighted by molar-refractivity contribution is 6.33. The Labute approximate surface area is 142 Å². The van der Waals surface area contributed by atoms with E-state index >= 15 is 0 Å². The third kappa shape index (κ3) is 3.75. The molecule has 0 radical (unpaired) electrons. The topological polar surface area (TPSA) is 41.0 Å². The summed E-state index contributed by atoms with van der Waals surface area (Å²) < 4.78 is 0. The minimum atomic E-state index is 0.721. The van der Waals surface area contributed by atoms with Gasteiger partial charge in [-0.05, 0) is 57.2 Å². The Morgan fingerprint density at radius 3 is 2.43 bits per heavy atom. The van der Waals surface area contributed by atoms with Crippen molar-refractivity contribution in [2.75, 3.05) is 23.3 Å². The van der Waals surface area contributed by atoms with Crippen LogP contribution in [0, 0.1) is 20.8 Å². The lowest BCUT2D eigenvalue weighted by molar-refractivity contribution is 0.572. The number of nitrogens with one attached hydrogen (secondary N) is 1. The van der Waals surface area contributed by atoms with Gasteiger partial charge in [-0.15, -0.1) is 0 Å². The van der Waals surface area contributed by atoms with E-state index in [1.54, 1.807) is 0 Å². The van der Waals surface area contributed by atoms with Crippen LogP contribution < -0.4 is 10.2 Å². The standard InChI is InChI=1S/C18H23ClN4/c1-12-9-13(2)18(15(19)10-12)22-16-11-17(21-14(3)20-16)23-7-5-4-6-8-23/h9-11H,4-8H2,1-3H3,(H,20,21,22). The van der Waals surface area contributed by atoms with Crippen molar-refractivity contribution in [1.29, 1.82) is 0 Å². The summed E-state index contributed by atoms with van der Waals surface area (Å²) >= 11 is 6.40. The molecule has 2 aromatic rings. The van der Waals surface area contributed by atoms with Gasteiger partial charge in [0.2, 0.25) is 0 Å². The molecule has 1 aliphatic heterocycles. The SMILES string of the molecule is Cc1cc(C)c(Nc2cc(N3CCCCC3)nc(C)n2)c(Cl)c1. The lowest BCUT2D eigenvalue weighted by atomic mass is 10.1. The van der Waals surface area contributed by atoms with E-state index in [0.717, 1.165) is 52.4 Å². The molecule has 0 spiro atoms. The summed E-state index contributed by atoms with van der Waals surface area (Å²) in [6.45, 7) is 8.18. The van der Waals surface area contributed by atoms with Gasteiger partial charge in [-0.2, -0.15) is 0 Å². The summed E-state index contributed by atoms with van der Waals surface area (Å²) in [7, 11) is 0. The Morgan fingerprint density at radius 1 is 1.00 bits per heavy atom. The fraction of sp³-hybridized carbons (Fsp3) is 0.444. The summed E-state index contributed by atoms with van der Waals surface area (Å²) in [5.41, 5.74) is 3.19. The molecule has 3 rings (SSSR count). The molecule has 23 heavy (non-hydrogen) atoms. The van der Waals surface area contributed by atoms with E-state index in [0.29, 0.717) is 0 Å². The van der Waals surface area contributed by atoms with Gasteiger partial charge in [-0.1, -0.05) is 17.7 Å². The number of piperidine rings is 1. The number of hydrogen-bond acceptors (Lipinski definition) is 4. The average molecular weight is 331 g/mol. The van der Waals surface area contributed by atoms with Crippen LogP contribution in [0.4, 0.5) is 17.3 Å². The fourth-order valence-corrected chi connectivity index (χ4v) is 3.47. The van der Waals surface area contributed by atoms with Gasteiger partial charge < -0.3 is 10.2 Å². The van der Waals surface area contributed by atoms with E-state index in [-0.39, 0.29) is 0 Å². The molecule has 1 fully saturated rings. The number of nitrogens with zero attached hydrogens (tertiary/aromatic N) is 3. The first kappa shape index (κ1) is 16.1. The van der Waals surface area contributed by atoms with E-state index in [4.69, 9.17) is 11.6 Å². The molecule has 0 atom stereocenters. The van der Waals surface area contributed by atoms with E-state index < -0.39 is 0 Å². The lowest BCUT2D eigenvalue weighted by Gasteiger charge is -2.28. The van der Waals surface area contributed by atoms with Crippen molar-refractivity contribution < 1.29 is 0 Å². The van der Waals surface area contributed by atoms with Crippen LogP contribution in [-0.2, 0) is 0 Å². The first-order valence-corrected chi connectivity index (χ1v) is 8.55. The molecule has 4 nitrogen and oxygen atoms in total. The second kappa shape index (κ2) is 6.75. The highest BCUT2D eigenvalue weighted by Gasteiger charge is 2.14. The third-order valence-corrected chi connectivity index (χ3v) is 4.49. The molecular formula is C18H23ClN4. The maximum absolute atomic E-state index is 6.40. The van der Waals surface area contributed by atoms with Gasteiger partial charge in [0.15, 0.2) is 0 Å². The summed E-state index contributed by atoms with van der Waals surface area (Å²) in [5, 5.41) is 4.10. The van der Waals surface area contributed by atoms with Gasteiger partial charge >= 0.3 is 0 Å². The number of halogens is 1. The van der Waals surface area contributed by atoms with Crippen LogP contribution >= 0.6 is 11.6 Å². The summed E-state index contributed by atoms with van der Waals surface area (Å²) in [5.74, 6) is 2.57. The van der Waals surface area contributed by atoms with Gasteiger partial charge in [-0.25, -0.2) is 9.97 Å². The van der Waals surface area contributed by atoms with E-state index in [2.05, 4.69) is 33.2 Å². The van der Waals surface area contributed by atoms with E-state index in [1.165, 1.54) is 19.3 Å². The molecule has 0 unspecified atom stereocenters. The second-order valence-electron chi connectivity index (χ2n) is 6.27. The molecule has 0 amide bonds. The molecule has 122 valence electrons. The molecule has 2 heterocycles. The highest BCUT2D eigenvalue weighted by atomic mass is 35.5. The minimum Gasteiger partial charge on any atom is -0.356 e. The van der Waals surface area contributed by atoms with Crippen molar-refractivity contribution in [1.82, 2.24) is 9.97 Å². The van der Waals surface area contributed by atoms with Crippen LogP contribution in [-0.4, -0.2) is 23.1 Å². The Morgan fingerprint density at radius 2 is 1.74 bits per heavy atom. The summed E-state index contributed by atoms with van der Waals surface area (Å²) in [4.78, 5) is 11.5. The zero-order chi connectivity index (χ0) is 16.4. The molecule has 1 N–H and O–H groups in total. The number of aromatic nitrogens is 2. The molecule has 1 saturated heterocycles. The third-order valence-electron chi connectivity index (χ3n) is 4.19. The first-order chi connectivity index (χ1) is 11.0. The van der Waals surface area contributed by atoms with Gasteiger partial charge in [-0.3, -0.25) is 0 Å². The number of rotatable bonds is 3. The Hall–Kier alpha value is -1.81. The van der Waals surface area contributed by atoms with Crippen molar-refractivity contribution >= 4 is 28.9 Å². The molecule has 0 saturated carbocycles. The van der Waals surface area contributed by atoms with Crippen LogP contribution in [0.3, 0.4) is 0 Å². The molecule has 5 heteroatoms. The van der Waals surface area contributed by atoms with Gasteiger partial charge in [0, 0.05) is 19.2 Å². The van der Waals surface area contributed by atoms with Crippen LogP contribution in [0.15, 0.2) is 18.2 Å². The normalized spacial score (nSPS) is 14.9. The molecular weight excluding hydrogens is 308 g/mol. The lowest BCUT2D eigenvalue weighted by Crippen LogP contribution is -2.30. The average Bonchev–Trinajstić information content (AvgIpc) is 2.51. The van der Waals surface area contributed by atoms with Crippen LogP contribution in [0.2, 0.25) is 5.02 Å². The maximum Gasteiger partial charge on any atom is 0.136 e. The molecule has 1 aliphatic rings. The van der Waals surface area contributed by atoms with Gasteiger partial charge in [0.25, 0.3) is 0 Å². The Balaban J connectivity index is 1.90. The zero-order valence-electron chi connectivity index (χ0n) is 14.0. The Bertz CT molecular complexity index is 685. The predicted octanol–water partition coefficient (Wildman–Crippen LogP) is 4.79. The van der Waals surface area contributed by atoms with Crippen LogP contribution in [0.25, 0.3) is 0 Å². The van der Waals surface area contributed by atoms with Crippen LogP contribution in [0.1, 0.15) is 36.2 Å². The monoisotopic (exact) mass is 330 g/mol. The fourth-order valence-electron chi connectivity index (χ4n) is 3.10. The first-order valence-electron chi connectivity index (χ1n) is 8.17. The molecule has 0 aliphatic carbocycles. The van der Waals surface area contributed by atoms with Crippen LogP contribution in [0.5, 0.6) is 0 Å². The zero-order valence-corrected chi connectivity index (χ0v) is 14.7. The Kier molecular flexibility index (Phi) is 4.71. The van der Waals surface area contributed by atoms with E-state index in [1.807, 2.05) is 26.0 Å². The predicted molar refractivity (Wildman–Crippen MR) is 97.0 cm³/mol. The number of benzene rings is 1. The van der Waals surface area contributed by atoms with Gasteiger partial charge in [0.05, 0.1) is 10.7 Å². The van der Waals surface area contributed by atoms with Crippen molar-refractivity contribution in [3.05, 3.63) is 40.2 Å². The van der Waals surface area contributed by atoms with Gasteiger partial charge in [0.1, 0.15) is 17.5 Å². The smallest absolute Gasteiger partial charge is 0.136 e.